The van der Waals surface area contributed by atoms with Gasteiger partial charge in [-0.25, -0.2) is 8.42 Å². The zero-order valence-corrected chi connectivity index (χ0v) is 18.0. The van der Waals surface area contributed by atoms with Gasteiger partial charge in [0.25, 0.3) is 15.9 Å². The van der Waals surface area contributed by atoms with Crippen LogP contribution >= 0.6 is 11.6 Å². The standard InChI is InChI=1S/C22H21ClN2O4S/c1-15-7-9-17(10-8-15)25-30(27,28)18-11-12-21(16(2)13-18)29-14-22(26)24-20-6-4-3-5-19(20)23/h3-13,25H,14H2,1-2H3,(H,24,26). The Morgan fingerprint density at radius 3 is 2.37 bits per heavy atom. The zero-order valence-electron chi connectivity index (χ0n) is 16.5. The molecule has 0 unspecified atom stereocenters. The number of rotatable bonds is 7. The summed E-state index contributed by atoms with van der Waals surface area (Å²) in [5.74, 6) is 0.0406. The summed E-state index contributed by atoms with van der Waals surface area (Å²) in [6.45, 7) is 3.40. The van der Waals surface area contributed by atoms with Crippen molar-refractivity contribution >= 4 is 38.9 Å². The molecule has 0 aromatic heterocycles. The van der Waals surface area contributed by atoms with Crippen molar-refractivity contribution in [2.75, 3.05) is 16.6 Å². The molecular formula is C22H21ClN2O4S. The largest absolute Gasteiger partial charge is 0.483 e. The van der Waals surface area contributed by atoms with Crippen LogP contribution in [0.1, 0.15) is 11.1 Å². The first-order chi connectivity index (χ1) is 14.2. The topological polar surface area (TPSA) is 84.5 Å². The van der Waals surface area contributed by atoms with Crippen LogP contribution in [0.5, 0.6) is 5.75 Å². The Bertz CT molecular complexity index is 1160. The van der Waals surface area contributed by atoms with Crippen molar-refractivity contribution in [1.29, 1.82) is 0 Å². The quantitative estimate of drug-likeness (QED) is 0.549. The third-order valence-corrected chi connectivity index (χ3v) is 5.98. The van der Waals surface area contributed by atoms with E-state index in [1.807, 2.05) is 19.1 Å². The molecule has 0 saturated carbocycles. The van der Waals surface area contributed by atoms with E-state index in [0.717, 1.165) is 5.56 Å². The fraction of sp³-hybridized carbons (Fsp3) is 0.136. The first-order valence-electron chi connectivity index (χ1n) is 9.12. The Morgan fingerprint density at radius 2 is 1.70 bits per heavy atom. The minimum Gasteiger partial charge on any atom is -0.483 e. The van der Waals surface area contributed by atoms with Gasteiger partial charge in [0.1, 0.15) is 5.75 Å². The second-order valence-electron chi connectivity index (χ2n) is 6.72. The molecule has 2 N–H and O–H groups in total. The van der Waals surface area contributed by atoms with Gasteiger partial charge in [-0.3, -0.25) is 9.52 Å². The lowest BCUT2D eigenvalue weighted by Gasteiger charge is -2.13. The van der Waals surface area contributed by atoms with Crippen molar-refractivity contribution in [3.8, 4) is 5.75 Å². The maximum atomic E-state index is 12.6. The second kappa shape index (κ2) is 9.19. The van der Waals surface area contributed by atoms with E-state index >= 15 is 0 Å². The molecule has 3 aromatic carbocycles. The highest BCUT2D eigenvalue weighted by Crippen LogP contribution is 2.24. The molecule has 30 heavy (non-hydrogen) atoms. The molecule has 0 aliphatic heterocycles. The predicted molar refractivity (Wildman–Crippen MR) is 119 cm³/mol. The monoisotopic (exact) mass is 444 g/mol. The summed E-state index contributed by atoms with van der Waals surface area (Å²) in [6, 6.07) is 18.4. The van der Waals surface area contributed by atoms with Gasteiger partial charge in [0.05, 0.1) is 15.6 Å². The molecule has 3 aromatic rings. The molecule has 0 fully saturated rings. The number of ether oxygens (including phenoxy) is 1. The van der Waals surface area contributed by atoms with E-state index in [1.54, 1.807) is 43.3 Å². The highest BCUT2D eigenvalue weighted by molar-refractivity contribution is 7.92. The SMILES string of the molecule is Cc1ccc(NS(=O)(=O)c2ccc(OCC(=O)Nc3ccccc3Cl)c(C)c2)cc1. The van der Waals surface area contributed by atoms with E-state index in [-0.39, 0.29) is 17.4 Å². The lowest BCUT2D eigenvalue weighted by molar-refractivity contribution is -0.118. The minimum absolute atomic E-state index is 0.105. The van der Waals surface area contributed by atoms with E-state index in [2.05, 4.69) is 10.0 Å². The molecule has 0 radical (unpaired) electrons. The number of sulfonamides is 1. The number of aryl methyl sites for hydroxylation is 2. The Kier molecular flexibility index (Phi) is 6.64. The van der Waals surface area contributed by atoms with Crippen LogP contribution in [0.25, 0.3) is 0 Å². The Balaban J connectivity index is 1.65. The molecule has 0 heterocycles. The van der Waals surface area contributed by atoms with Crippen molar-refractivity contribution in [3.05, 3.63) is 82.9 Å². The number of carbonyl (C=O) groups excluding carboxylic acids is 1. The zero-order chi connectivity index (χ0) is 21.7. The van der Waals surface area contributed by atoms with Crippen LogP contribution in [0.2, 0.25) is 5.02 Å². The first kappa shape index (κ1) is 21.7. The van der Waals surface area contributed by atoms with E-state index in [0.29, 0.717) is 27.7 Å². The summed E-state index contributed by atoms with van der Waals surface area (Å²) in [6.07, 6.45) is 0. The number of para-hydroxylation sites is 1. The van der Waals surface area contributed by atoms with Crippen molar-refractivity contribution in [1.82, 2.24) is 0 Å². The minimum atomic E-state index is -3.74. The molecule has 0 spiro atoms. The maximum Gasteiger partial charge on any atom is 0.262 e. The van der Waals surface area contributed by atoms with Crippen molar-refractivity contribution in [2.45, 2.75) is 18.7 Å². The number of hydrogen-bond acceptors (Lipinski definition) is 4. The number of halogens is 1. The van der Waals surface area contributed by atoms with Gasteiger partial charge in [-0.15, -0.1) is 0 Å². The molecular weight excluding hydrogens is 424 g/mol. The van der Waals surface area contributed by atoms with E-state index in [1.165, 1.54) is 18.2 Å². The highest BCUT2D eigenvalue weighted by Gasteiger charge is 2.16. The number of anilines is 2. The number of benzene rings is 3. The maximum absolute atomic E-state index is 12.6. The highest BCUT2D eigenvalue weighted by atomic mass is 35.5. The van der Waals surface area contributed by atoms with Crippen LogP contribution in [-0.4, -0.2) is 20.9 Å². The Morgan fingerprint density at radius 1 is 1.00 bits per heavy atom. The Hall–Kier alpha value is -3.03. The van der Waals surface area contributed by atoms with Gasteiger partial charge in [0, 0.05) is 5.69 Å². The van der Waals surface area contributed by atoms with Crippen LogP contribution in [0.15, 0.2) is 71.6 Å². The van der Waals surface area contributed by atoms with E-state index < -0.39 is 10.0 Å². The van der Waals surface area contributed by atoms with Gasteiger partial charge in [-0.05, 0) is 61.9 Å². The van der Waals surface area contributed by atoms with Crippen LogP contribution in [-0.2, 0) is 14.8 Å². The third-order valence-electron chi connectivity index (χ3n) is 4.27. The van der Waals surface area contributed by atoms with Crippen molar-refractivity contribution < 1.29 is 17.9 Å². The fourth-order valence-electron chi connectivity index (χ4n) is 2.68. The average molecular weight is 445 g/mol. The van der Waals surface area contributed by atoms with Gasteiger partial charge in [-0.1, -0.05) is 41.4 Å². The number of nitrogens with one attached hydrogen (secondary N) is 2. The summed E-state index contributed by atoms with van der Waals surface area (Å²) in [5.41, 5.74) is 2.60. The summed E-state index contributed by atoms with van der Waals surface area (Å²) in [7, 11) is -3.74. The van der Waals surface area contributed by atoms with E-state index in [9.17, 15) is 13.2 Å². The third kappa shape index (κ3) is 5.52. The second-order valence-corrected chi connectivity index (χ2v) is 8.81. The average Bonchev–Trinajstić information content (AvgIpc) is 2.70. The van der Waals surface area contributed by atoms with Gasteiger partial charge in [0.2, 0.25) is 0 Å². The molecule has 1 amide bonds. The molecule has 0 atom stereocenters. The van der Waals surface area contributed by atoms with Crippen molar-refractivity contribution in [3.63, 3.8) is 0 Å². The summed E-state index contributed by atoms with van der Waals surface area (Å²) in [5, 5.41) is 3.09. The van der Waals surface area contributed by atoms with Crippen LogP contribution in [0.3, 0.4) is 0 Å². The molecule has 156 valence electrons. The Labute approximate surface area is 180 Å². The van der Waals surface area contributed by atoms with Gasteiger partial charge in [0.15, 0.2) is 6.61 Å². The summed E-state index contributed by atoms with van der Waals surface area (Å²) in [4.78, 5) is 12.2. The molecule has 3 rings (SSSR count). The van der Waals surface area contributed by atoms with Crippen LogP contribution in [0.4, 0.5) is 11.4 Å². The molecule has 8 heteroatoms. The normalized spacial score (nSPS) is 11.0. The fourth-order valence-corrected chi connectivity index (χ4v) is 4.01. The number of amides is 1. The van der Waals surface area contributed by atoms with Gasteiger partial charge in [-0.2, -0.15) is 0 Å². The molecule has 0 saturated heterocycles. The van der Waals surface area contributed by atoms with Crippen LogP contribution < -0.4 is 14.8 Å². The lowest BCUT2D eigenvalue weighted by Crippen LogP contribution is -2.20. The summed E-state index contributed by atoms with van der Waals surface area (Å²) >= 11 is 6.02. The first-order valence-corrected chi connectivity index (χ1v) is 11.0. The molecule has 0 aliphatic rings. The lowest BCUT2D eigenvalue weighted by atomic mass is 10.2. The van der Waals surface area contributed by atoms with Crippen molar-refractivity contribution in [2.24, 2.45) is 0 Å². The smallest absolute Gasteiger partial charge is 0.262 e. The number of carbonyl (C=O) groups is 1. The van der Waals surface area contributed by atoms with Gasteiger partial charge >= 0.3 is 0 Å². The van der Waals surface area contributed by atoms with Crippen LogP contribution in [0, 0.1) is 13.8 Å². The van der Waals surface area contributed by atoms with E-state index in [4.69, 9.17) is 16.3 Å². The summed E-state index contributed by atoms with van der Waals surface area (Å²) < 4.78 is 33.3. The molecule has 0 aliphatic carbocycles. The molecule has 6 nitrogen and oxygen atoms in total. The molecule has 0 bridgehead atoms. The van der Waals surface area contributed by atoms with Gasteiger partial charge < -0.3 is 10.1 Å². The predicted octanol–water partition coefficient (Wildman–Crippen LogP) is 4.78. The number of hydrogen-bond donors (Lipinski definition) is 2.